The van der Waals surface area contributed by atoms with Crippen LogP contribution in [0.3, 0.4) is 0 Å². The number of furan rings is 1. The molecule has 4 aromatic rings. The highest BCUT2D eigenvalue weighted by Gasteiger charge is 2.27. The molecule has 158 valence electrons. The molecule has 0 saturated heterocycles. The van der Waals surface area contributed by atoms with Gasteiger partial charge in [0.05, 0.1) is 11.9 Å². The van der Waals surface area contributed by atoms with Crippen LogP contribution in [0.4, 0.5) is 0 Å². The summed E-state index contributed by atoms with van der Waals surface area (Å²) in [6.07, 6.45) is 8.06. The van der Waals surface area contributed by atoms with Crippen molar-refractivity contribution in [2.24, 2.45) is 0 Å². The molecule has 0 bridgehead atoms. The smallest absolute Gasteiger partial charge is 0.134 e. The maximum absolute atomic E-state index is 11.0. The van der Waals surface area contributed by atoms with Crippen molar-refractivity contribution in [3.8, 4) is 0 Å². The zero-order chi connectivity index (χ0) is 20.3. The van der Waals surface area contributed by atoms with Gasteiger partial charge in [-0.05, 0) is 62.3 Å². The first-order chi connectivity index (χ1) is 14.0. The van der Waals surface area contributed by atoms with Crippen LogP contribution < -0.4 is 5.32 Å². The van der Waals surface area contributed by atoms with E-state index >= 15 is 0 Å². The van der Waals surface area contributed by atoms with Gasteiger partial charge in [0, 0.05) is 41.3 Å². The van der Waals surface area contributed by atoms with Crippen LogP contribution in [-0.2, 0) is 12.1 Å². The highest BCUT2D eigenvalue weighted by Crippen LogP contribution is 2.34. The van der Waals surface area contributed by atoms with Gasteiger partial charge in [0.25, 0.3) is 0 Å². The molecule has 0 aliphatic rings. The van der Waals surface area contributed by atoms with Gasteiger partial charge in [-0.15, -0.1) is 12.4 Å². The van der Waals surface area contributed by atoms with E-state index in [0.717, 1.165) is 35.9 Å². The van der Waals surface area contributed by atoms with E-state index in [1.807, 2.05) is 49.6 Å². The molecule has 4 nitrogen and oxygen atoms in total. The minimum atomic E-state index is -0.890. The largest absolute Gasteiger partial charge is 0.464 e. The van der Waals surface area contributed by atoms with E-state index in [-0.39, 0.29) is 12.4 Å². The first-order valence-electron chi connectivity index (χ1n) is 10.3. The summed E-state index contributed by atoms with van der Waals surface area (Å²) in [5, 5.41) is 18.0. The van der Waals surface area contributed by atoms with E-state index in [4.69, 9.17) is 4.42 Å². The van der Waals surface area contributed by atoms with Crippen molar-refractivity contribution in [2.45, 2.75) is 51.3 Å². The molecule has 2 aromatic heterocycles. The summed E-state index contributed by atoms with van der Waals surface area (Å²) in [6.45, 7) is 4.92. The van der Waals surface area contributed by atoms with Crippen molar-refractivity contribution >= 4 is 34.1 Å². The average Bonchev–Trinajstić information content (AvgIpc) is 3.17. The van der Waals surface area contributed by atoms with E-state index in [1.165, 1.54) is 16.3 Å². The first kappa shape index (κ1) is 22.3. The van der Waals surface area contributed by atoms with Crippen molar-refractivity contribution in [3.05, 3.63) is 78.3 Å². The minimum absolute atomic E-state index is 0. The number of nitrogens with one attached hydrogen (secondary N) is 1. The minimum Gasteiger partial charge on any atom is -0.464 e. The zero-order valence-electron chi connectivity index (χ0n) is 17.5. The topological polar surface area (TPSA) is 58.3 Å². The molecule has 0 fully saturated rings. The fraction of sp³-hybridized carbons (Fsp3) is 0.320. The molecule has 1 unspecified atom stereocenters. The van der Waals surface area contributed by atoms with Gasteiger partial charge in [0.2, 0.25) is 0 Å². The fourth-order valence-electron chi connectivity index (χ4n) is 3.92. The molecule has 0 aliphatic carbocycles. The number of halogens is 1. The Morgan fingerprint density at radius 3 is 2.83 bits per heavy atom. The Morgan fingerprint density at radius 1 is 1.13 bits per heavy atom. The molecule has 0 radical (unpaired) electrons. The average molecular weight is 425 g/mol. The van der Waals surface area contributed by atoms with Crippen LogP contribution in [0.2, 0.25) is 0 Å². The Morgan fingerprint density at radius 2 is 1.97 bits per heavy atom. The fourth-order valence-corrected chi connectivity index (χ4v) is 3.92. The number of para-hydroxylation sites is 1. The van der Waals surface area contributed by atoms with Gasteiger partial charge < -0.3 is 14.8 Å². The third-order valence-electron chi connectivity index (χ3n) is 5.72. The maximum atomic E-state index is 11.0. The second-order valence-corrected chi connectivity index (χ2v) is 8.15. The van der Waals surface area contributed by atoms with Gasteiger partial charge in [0.1, 0.15) is 5.58 Å². The lowest BCUT2D eigenvalue weighted by Gasteiger charge is -2.23. The van der Waals surface area contributed by atoms with Crippen LogP contribution in [-0.4, -0.2) is 16.1 Å². The number of benzene rings is 2. The Kier molecular flexibility index (Phi) is 7.14. The molecular formula is C25H29ClN2O2. The summed E-state index contributed by atoms with van der Waals surface area (Å²) in [5.41, 5.74) is 2.08. The highest BCUT2D eigenvalue weighted by atomic mass is 35.5. The number of aromatic nitrogens is 1. The molecule has 5 heteroatoms. The SMILES string of the molecule is C[C@H](CCCC(C)(O)c1coc2ccccc12)NCc1ccc2cnccc2c1.Cl. The molecule has 4 rings (SSSR count). The first-order valence-corrected chi connectivity index (χ1v) is 10.3. The standard InChI is InChI=1S/C25H28N2O2.ClH/c1-18(27-15-19-9-10-21-16-26-13-11-20(21)14-19)6-5-12-25(2,28)23-17-29-24-8-4-3-7-22(23)24;/h3-4,7-11,13-14,16-18,27-28H,5-6,12,15H2,1-2H3;1H/t18-,25?;/m1./s1. The lowest BCUT2D eigenvalue weighted by atomic mass is 9.89. The van der Waals surface area contributed by atoms with Gasteiger partial charge in [-0.3, -0.25) is 4.98 Å². The van der Waals surface area contributed by atoms with Gasteiger partial charge in [-0.25, -0.2) is 0 Å². The molecule has 0 amide bonds. The molecule has 2 aromatic carbocycles. The van der Waals surface area contributed by atoms with Crippen LogP contribution in [0.15, 0.2) is 71.6 Å². The predicted octanol–water partition coefficient (Wildman–Crippen LogP) is 5.96. The number of pyridine rings is 1. The van der Waals surface area contributed by atoms with Crippen molar-refractivity contribution in [1.29, 1.82) is 0 Å². The van der Waals surface area contributed by atoms with Gasteiger partial charge >= 0.3 is 0 Å². The molecule has 0 spiro atoms. The van der Waals surface area contributed by atoms with E-state index in [1.54, 1.807) is 6.26 Å². The number of nitrogens with zero attached hydrogens (tertiary/aromatic N) is 1. The summed E-state index contributed by atoms with van der Waals surface area (Å²) in [7, 11) is 0. The van der Waals surface area contributed by atoms with Crippen molar-refractivity contribution < 1.29 is 9.52 Å². The number of rotatable bonds is 8. The van der Waals surface area contributed by atoms with Crippen molar-refractivity contribution in [2.75, 3.05) is 0 Å². The molecular weight excluding hydrogens is 396 g/mol. The summed E-state index contributed by atoms with van der Waals surface area (Å²) < 4.78 is 5.60. The Labute approximate surface area is 183 Å². The van der Waals surface area contributed by atoms with Crippen LogP contribution in [0, 0.1) is 0 Å². The van der Waals surface area contributed by atoms with E-state index in [9.17, 15) is 5.11 Å². The van der Waals surface area contributed by atoms with Gasteiger partial charge in [0.15, 0.2) is 0 Å². The number of aliphatic hydroxyl groups is 1. The third-order valence-corrected chi connectivity index (χ3v) is 5.72. The van der Waals surface area contributed by atoms with E-state index in [0.29, 0.717) is 12.5 Å². The zero-order valence-corrected chi connectivity index (χ0v) is 18.3. The normalized spacial score (nSPS) is 14.4. The quantitative estimate of drug-likeness (QED) is 0.366. The lowest BCUT2D eigenvalue weighted by molar-refractivity contribution is 0.0450. The van der Waals surface area contributed by atoms with Crippen molar-refractivity contribution in [3.63, 3.8) is 0 Å². The molecule has 2 heterocycles. The van der Waals surface area contributed by atoms with Crippen LogP contribution in [0.1, 0.15) is 44.2 Å². The number of hydrogen-bond donors (Lipinski definition) is 2. The lowest BCUT2D eigenvalue weighted by Crippen LogP contribution is -2.27. The predicted molar refractivity (Wildman–Crippen MR) is 125 cm³/mol. The summed E-state index contributed by atoms with van der Waals surface area (Å²) in [5.74, 6) is 0. The second-order valence-electron chi connectivity index (χ2n) is 8.15. The summed E-state index contributed by atoms with van der Waals surface area (Å²) >= 11 is 0. The Balaban J connectivity index is 0.00000256. The highest BCUT2D eigenvalue weighted by molar-refractivity contribution is 5.85. The molecule has 0 aliphatic heterocycles. The molecule has 2 N–H and O–H groups in total. The Bertz CT molecular complexity index is 1110. The summed E-state index contributed by atoms with van der Waals surface area (Å²) in [6, 6.07) is 16.8. The van der Waals surface area contributed by atoms with Crippen molar-refractivity contribution in [1.82, 2.24) is 10.3 Å². The van der Waals surface area contributed by atoms with Crippen LogP contribution >= 0.6 is 12.4 Å². The molecule has 0 saturated carbocycles. The number of fused-ring (bicyclic) bond motifs is 2. The Hall–Kier alpha value is -2.40. The van der Waals surface area contributed by atoms with E-state index < -0.39 is 5.60 Å². The second kappa shape index (κ2) is 9.61. The third kappa shape index (κ3) is 5.01. The number of hydrogen-bond acceptors (Lipinski definition) is 4. The van der Waals surface area contributed by atoms with Gasteiger partial charge in [-0.2, -0.15) is 0 Å². The van der Waals surface area contributed by atoms with Crippen LogP contribution in [0.25, 0.3) is 21.7 Å². The molecule has 2 atom stereocenters. The monoisotopic (exact) mass is 424 g/mol. The maximum Gasteiger partial charge on any atom is 0.134 e. The van der Waals surface area contributed by atoms with Gasteiger partial charge in [-0.1, -0.05) is 30.3 Å². The van der Waals surface area contributed by atoms with Crippen LogP contribution in [0.5, 0.6) is 0 Å². The van der Waals surface area contributed by atoms with E-state index in [2.05, 4.69) is 35.4 Å². The molecule has 30 heavy (non-hydrogen) atoms. The summed E-state index contributed by atoms with van der Waals surface area (Å²) in [4.78, 5) is 4.16.